The number of aliphatic imine (C=N–C) groups is 3. The Morgan fingerprint density at radius 3 is 2.02 bits per heavy atom. The number of aliphatic hydroxyl groups is 1. The summed E-state index contributed by atoms with van der Waals surface area (Å²) in [5.74, 6) is -0.515. The van der Waals surface area contributed by atoms with E-state index in [-0.39, 0.29) is 30.5 Å². The van der Waals surface area contributed by atoms with Crippen molar-refractivity contribution in [1.82, 2.24) is 5.32 Å². The van der Waals surface area contributed by atoms with Gasteiger partial charge in [0.1, 0.15) is 5.76 Å². The Kier molecular flexibility index (Phi) is 8.47. The Hall–Kier alpha value is -5.05. The Balaban J connectivity index is 1.77. The quantitative estimate of drug-likeness (QED) is 0.240. The maximum atomic E-state index is 12.2. The van der Waals surface area contributed by atoms with Gasteiger partial charge in [0.2, 0.25) is 0 Å². The van der Waals surface area contributed by atoms with Crippen LogP contribution in [0.15, 0.2) is 132 Å². The fraction of sp³-hybridized carbons (Fsp3) is 0.306. The largest absolute Gasteiger partial charge is 0.509 e. The number of nitrogens with one attached hydrogen (secondary N) is 1. The number of hydrogen-bond acceptors (Lipinski definition) is 9. The summed E-state index contributed by atoms with van der Waals surface area (Å²) in [7, 11) is 2.75. The van der Waals surface area contributed by atoms with E-state index in [1.807, 2.05) is 52.0 Å². The van der Waals surface area contributed by atoms with Gasteiger partial charge in [0, 0.05) is 24.1 Å². The van der Waals surface area contributed by atoms with Crippen LogP contribution in [0.3, 0.4) is 0 Å². The molecule has 0 aliphatic carbocycles. The van der Waals surface area contributed by atoms with E-state index in [0.29, 0.717) is 47.1 Å². The van der Waals surface area contributed by atoms with Crippen LogP contribution >= 0.6 is 0 Å². The predicted octanol–water partition coefficient (Wildman–Crippen LogP) is 6.51. The van der Waals surface area contributed by atoms with Gasteiger partial charge in [0.05, 0.1) is 59.6 Å². The molecule has 0 radical (unpaired) electrons. The summed E-state index contributed by atoms with van der Waals surface area (Å²) in [4.78, 5) is 39.3. The Bertz CT molecular complexity index is 1800. The summed E-state index contributed by atoms with van der Waals surface area (Å²) < 4.78 is 9.85. The molecule has 0 amide bonds. The molecule has 0 saturated carbocycles. The fourth-order valence-corrected chi connectivity index (χ4v) is 5.95. The number of esters is 2. The van der Waals surface area contributed by atoms with Gasteiger partial charge in [-0.2, -0.15) is 0 Å². The van der Waals surface area contributed by atoms with Gasteiger partial charge in [-0.1, -0.05) is 18.7 Å². The first-order chi connectivity index (χ1) is 21.4. The van der Waals surface area contributed by atoms with E-state index in [4.69, 9.17) is 24.5 Å². The fourth-order valence-electron chi connectivity index (χ4n) is 5.95. The highest BCUT2D eigenvalue weighted by atomic mass is 16.5. The number of fused-ring (bicyclic) bond motifs is 5. The molecule has 0 aromatic carbocycles. The van der Waals surface area contributed by atoms with Crippen LogP contribution in [-0.4, -0.2) is 48.4 Å². The number of aliphatic hydroxyl groups excluding tert-OH is 1. The number of nitrogens with zero attached hydrogens (tertiary/aromatic N) is 3. The summed E-state index contributed by atoms with van der Waals surface area (Å²) in [5.41, 5.74) is 9.79. The summed E-state index contributed by atoms with van der Waals surface area (Å²) in [6, 6.07) is 0. The van der Waals surface area contributed by atoms with Crippen LogP contribution in [0.5, 0.6) is 0 Å². The van der Waals surface area contributed by atoms with E-state index in [1.165, 1.54) is 14.2 Å². The molecule has 9 nitrogen and oxygen atoms in total. The lowest BCUT2D eigenvalue weighted by molar-refractivity contribution is -0.141. The normalized spacial score (nSPS) is 22.3. The van der Waals surface area contributed by atoms with Crippen molar-refractivity contribution in [1.29, 1.82) is 0 Å². The summed E-state index contributed by atoms with van der Waals surface area (Å²) >= 11 is 0. The van der Waals surface area contributed by atoms with E-state index < -0.39 is 5.41 Å². The lowest BCUT2D eigenvalue weighted by atomic mass is 9.85. The monoisotopic (exact) mass is 606 g/mol. The second-order valence-electron chi connectivity index (χ2n) is 11.5. The first kappa shape index (κ1) is 31.4. The number of allylic oxidation sites excluding steroid dienone is 10. The molecule has 2 N–H and O–H groups in total. The van der Waals surface area contributed by atoms with Gasteiger partial charge in [0.15, 0.2) is 0 Å². The molecule has 5 heterocycles. The van der Waals surface area contributed by atoms with Crippen molar-refractivity contribution in [3.05, 3.63) is 117 Å². The van der Waals surface area contributed by atoms with Gasteiger partial charge in [-0.3, -0.25) is 9.59 Å². The molecule has 8 bridgehead atoms. The molecule has 5 aliphatic heterocycles. The van der Waals surface area contributed by atoms with E-state index >= 15 is 0 Å². The minimum atomic E-state index is -0.911. The van der Waals surface area contributed by atoms with Gasteiger partial charge >= 0.3 is 11.9 Å². The van der Waals surface area contributed by atoms with Crippen molar-refractivity contribution in [2.24, 2.45) is 20.4 Å². The molecule has 232 valence electrons. The number of hydrogen-bond donors (Lipinski definition) is 2. The van der Waals surface area contributed by atoms with Crippen LogP contribution in [-0.2, 0) is 19.1 Å². The van der Waals surface area contributed by atoms with Crippen molar-refractivity contribution >= 4 is 29.1 Å². The molecule has 5 rings (SSSR count). The van der Waals surface area contributed by atoms with Crippen LogP contribution in [0, 0.1) is 5.41 Å². The summed E-state index contributed by atoms with van der Waals surface area (Å²) in [6.07, 6.45) is 12.2. The zero-order valence-electron chi connectivity index (χ0n) is 26.6. The first-order valence-electron chi connectivity index (χ1n) is 14.8. The van der Waals surface area contributed by atoms with E-state index in [9.17, 15) is 14.7 Å². The van der Waals surface area contributed by atoms with Crippen LogP contribution in [0.4, 0.5) is 0 Å². The predicted molar refractivity (Wildman–Crippen MR) is 177 cm³/mol. The van der Waals surface area contributed by atoms with Gasteiger partial charge < -0.3 is 19.9 Å². The molecule has 9 heteroatoms. The van der Waals surface area contributed by atoms with Gasteiger partial charge in [-0.15, -0.1) is 6.58 Å². The highest BCUT2D eigenvalue weighted by Gasteiger charge is 2.40. The summed E-state index contributed by atoms with van der Waals surface area (Å²) in [6.45, 7) is 15.8. The number of methoxy groups -OCH3 is 2. The van der Waals surface area contributed by atoms with Crippen molar-refractivity contribution in [2.75, 3.05) is 14.2 Å². The molecule has 1 atom stereocenters. The summed E-state index contributed by atoms with van der Waals surface area (Å²) in [5, 5.41) is 14.8. The van der Waals surface area contributed by atoms with Crippen LogP contribution in [0.1, 0.15) is 53.4 Å². The zero-order valence-corrected chi connectivity index (χ0v) is 26.6. The van der Waals surface area contributed by atoms with Crippen molar-refractivity contribution in [3.8, 4) is 0 Å². The highest BCUT2D eigenvalue weighted by molar-refractivity contribution is 6.18. The standard InChI is InChI=1S/C36H38N4O5/c1-9-22-19(3)25-15-26-20(4)23(11-13-33(41)44-7)29(38-26)16-30-24(12-14-34(42)45-8)21(5)27(39-30)18-32-36(6,10-2)35(43)31(40-32)17-28(22)37-25/h9-10,15-18,40,43H,1-2,11-14H2,3-8H3. The minimum absolute atomic E-state index is 0.115. The van der Waals surface area contributed by atoms with Crippen molar-refractivity contribution < 1.29 is 24.2 Å². The third-order valence-corrected chi connectivity index (χ3v) is 8.99. The molecule has 0 fully saturated rings. The van der Waals surface area contributed by atoms with Crippen LogP contribution in [0.25, 0.3) is 0 Å². The highest BCUT2D eigenvalue weighted by Crippen LogP contribution is 2.43. The van der Waals surface area contributed by atoms with Crippen molar-refractivity contribution in [3.63, 3.8) is 0 Å². The zero-order chi connectivity index (χ0) is 32.6. The lowest BCUT2D eigenvalue weighted by Gasteiger charge is -2.21. The Labute approximate surface area is 263 Å². The van der Waals surface area contributed by atoms with E-state index in [1.54, 1.807) is 12.2 Å². The maximum absolute atomic E-state index is 12.2. The van der Waals surface area contributed by atoms with Gasteiger partial charge in [0.25, 0.3) is 0 Å². The average Bonchev–Trinajstić information content (AvgIpc) is 3.67. The second kappa shape index (κ2) is 12.1. The SMILES string of the molecule is C=CC1=C(C)C2=NC1=CC1=C(O)C(C)(C=C)C(=CC3=NC(=CC4=NC(=C2)C(C)=C4CCC(=O)OC)C(CCC(=O)OC)=C3C)N1. The number of carbonyl (C=O) groups is 2. The smallest absolute Gasteiger partial charge is 0.305 e. The van der Waals surface area contributed by atoms with Crippen LogP contribution < -0.4 is 5.32 Å². The van der Waals surface area contributed by atoms with E-state index in [0.717, 1.165) is 44.8 Å². The lowest BCUT2D eigenvalue weighted by Crippen LogP contribution is -2.20. The second-order valence-corrected chi connectivity index (χ2v) is 11.5. The number of rotatable bonds is 8. The first-order valence-corrected chi connectivity index (χ1v) is 14.8. The number of carbonyl (C=O) groups excluding carboxylic acids is 2. The number of ether oxygens (including phenoxy) is 2. The van der Waals surface area contributed by atoms with E-state index in [2.05, 4.69) is 18.5 Å². The molecular weight excluding hydrogens is 568 g/mol. The van der Waals surface area contributed by atoms with Gasteiger partial charge in [-0.05, 0) is 92.7 Å². The minimum Gasteiger partial charge on any atom is -0.509 e. The van der Waals surface area contributed by atoms with Crippen LogP contribution in [0.2, 0.25) is 0 Å². The molecule has 45 heavy (non-hydrogen) atoms. The molecule has 5 aliphatic rings. The van der Waals surface area contributed by atoms with Crippen molar-refractivity contribution in [2.45, 2.75) is 53.4 Å². The average molecular weight is 607 g/mol. The van der Waals surface area contributed by atoms with Gasteiger partial charge in [-0.25, -0.2) is 15.0 Å². The Morgan fingerprint density at radius 2 is 1.40 bits per heavy atom. The molecule has 0 spiro atoms. The third kappa shape index (κ3) is 5.54. The molecular formula is C36H38N4O5. The molecule has 0 aromatic heterocycles. The maximum Gasteiger partial charge on any atom is 0.305 e. The topological polar surface area (TPSA) is 122 Å². The molecule has 0 saturated heterocycles. The Morgan fingerprint density at radius 1 is 0.822 bits per heavy atom. The molecule has 1 unspecified atom stereocenters. The molecule has 0 aromatic rings. The third-order valence-electron chi connectivity index (χ3n) is 8.99.